The maximum atomic E-state index is 4.01. The van der Waals surface area contributed by atoms with Gasteiger partial charge in [-0.2, -0.15) is 5.41 Å². The van der Waals surface area contributed by atoms with Gasteiger partial charge in [-0.1, -0.05) is 34.1 Å². The van der Waals surface area contributed by atoms with Gasteiger partial charge in [0.15, 0.2) is 0 Å². The predicted molar refractivity (Wildman–Crippen MR) is 38.6 cm³/mol. The summed E-state index contributed by atoms with van der Waals surface area (Å²) < 4.78 is 0. The average molecular weight is 172 g/mol. The fourth-order valence-corrected chi connectivity index (χ4v) is 1.11. The first-order valence-electron chi connectivity index (χ1n) is 3.27. The van der Waals surface area contributed by atoms with E-state index in [1.807, 2.05) is 0 Å². The quantitative estimate of drug-likeness (QED) is 0.443. The molecule has 1 heteroatoms. The molecule has 0 atom stereocenters. The van der Waals surface area contributed by atoms with E-state index in [1.165, 1.54) is 6.42 Å². The molecule has 0 bridgehead atoms. The smallest absolute Gasteiger partial charge is 0 e. The van der Waals surface area contributed by atoms with Crippen molar-refractivity contribution in [3.63, 3.8) is 0 Å². The normalized spacial score (nSPS) is 11.3. The summed E-state index contributed by atoms with van der Waals surface area (Å²) >= 11 is 0. The standard InChI is InChI=1S/C8H17.Ni/c1-7(2)6-8(3,4)5;/h7H,3,6H2,1-2,4-5H3;/q-1;. The minimum Gasteiger partial charge on any atom is -0.338 e. The molecule has 0 aliphatic carbocycles. The van der Waals surface area contributed by atoms with Crippen LogP contribution in [-0.2, 0) is 16.5 Å². The van der Waals surface area contributed by atoms with Crippen LogP contribution in [0.15, 0.2) is 0 Å². The Morgan fingerprint density at radius 1 is 1.33 bits per heavy atom. The fourth-order valence-electron chi connectivity index (χ4n) is 1.11. The molecule has 0 unspecified atom stereocenters. The van der Waals surface area contributed by atoms with Crippen molar-refractivity contribution in [2.24, 2.45) is 11.3 Å². The maximum absolute atomic E-state index is 4.01. The Balaban J connectivity index is 0. The van der Waals surface area contributed by atoms with Crippen molar-refractivity contribution in [3.8, 4) is 0 Å². The number of rotatable bonds is 2. The third kappa shape index (κ3) is 11.9. The van der Waals surface area contributed by atoms with Gasteiger partial charge >= 0.3 is 0 Å². The molecule has 0 fully saturated rings. The molecule has 0 aromatic rings. The molecule has 0 N–H and O–H groups in total. The van der Waals surface area contributed by atoms with E-state index in [-0.39, 0.29) is 21.9 Å². The van der Waals surface area contributed by atoms with Gasteiger partial charge in [-0.25, -0.2) is 0 Å². The van der Waals surface area contributed by atoms with Gasteiger partial charge in [0.1, 0.15) is 0 Å². The van der Waals surface area contributed by atoms with Crippen LogP contribution in [0, 0.1) is 18.3 Å². The van der Waals surface area contributed by atoms with Gasteiger partial charge in [-0.3, -0.25) is 0 Å². The van der Waals surface area contributed by atoms with Crippen molar-refractivity contribution in [1.82, 2.24) is 0 Å². The fraction of sp³-hybridized carbons (Fsp3) is 0.875. The predicted octanol–water partition coefficient (Wildman–Crippen LogP) is 2.89. The minimum atomic E-state index is 0. The van der Waals surface area contributed by atoms with Crippen LogP contribution in [0.4, 0.5) is 0 Å². The second-order valence-corrected chi connectivity index (χ2v) is 3.76. The van der Waals surface area contributed by atoms with E-state index in [0.29, 0.717) is 0 Å². The van der Waals surface area contributed by atoms with Crippen molar-refractivity contribution in [1.29, 1.82) is 0 Å². The molecule has 0 saturated heterocycles. The van der Waals surface area contributed by atoms with Crippen molar-refractivity contribution >= 4 is 0 Å². The molecule has 0 saturated carbocycles. The van der Waals surface area contributed by atoms with Crippen LogP contribution >= 0.6 is 0 Å². The Labute approximate surface area is 69.3 Å². The van der Waals surface area contributed by atoms with Crippen LogP contribution in [0.1, 0.15) is 34.1 Å². The molecule has 0 radical (unpaired) electrons. The zero-order valence-electron chi connectivity index (χ0n) is 6.81. The van der Waals surface area contributed by atoms with E-state index >= 15 is 0 Å². The molecule has 0 spiro atoms. The summed E-state index contributed by atoms with van der Waals surface area (Å²) in [6.07, 6.45) is 1.22. The topological polar surface area (TPSA) is 0 Å². The van der Waals surface area contributed by atoms with E-state index in [2.05, 4.69) is 34.6 Å². The van der Waals surface area contributed by atoms with Crippen molar-refractivity contribution in [2.45, 2.75) is 34.1 Å². The largest absolute Gasteiger partial charge is 0.338 e. The monoisotopic (exact) mass is 171 g/mol. The van der Waals surface area contributed by atoms with Gasteiger partial charge in [0.05, 0.1) is 0 Å². The zero-order chi connectivity index (χ0) is 6.78. The summed E-state index contributed by atoms with van der Waals surface area (Å²) in [7, 11) is 0. The minimum absolute atomic E-state index is 0. The van der Waals surface area contributed by atoms with Gasteiger partial charge in [0.25, 0.3) is 0 Å². The molecule has 0 heterocycles. The summed E-state index contributed by atoms with van der Waals surface area (Å²) in [6.45, 7) is 12.8. The third-order valence-electron chi connectivity index (χ3n) is 0.961. The molecule has 0 aliphatic rings. The van der Waals surface area contributed by atoms with E-state index in [9.17, 15) is 0 Å². The van der Waals surface area contributed by atoms with Crippen LogP contribution in [0.3, 0.4) is 0 Å². The van der Waals surface area contributed by atoms with Crippen LogP contribution in [0.2, 0.25) is 0 Å². The molecule has 9 heavy (non-hydrogen) atoms. The van der Waals surface area contributed by atoms with E-state index < -0.39 is 0 Å². The van der Waals surface area contributed by atoms with Gasteiger partial charge in [0.2, 0.25) is 0 Å². The first kappa shape index (κ1) is 12.2. The van der Waals surface area contributed by atoms with E-state index in [4.69, 9.17) is 0 Å². The second kappa shape index (κ2) is 4.33. The molecule has 0 nitrogen and oxygen atoms in total. The van der Waals surface area contributed by atoms with Gasteiger partial charge < -0.3 is 6.92 Å². The molecule has 0 rings (SSSR count). The molecular formula is C8H17Ni-. The number of hydrogen-bond acceptors (Lipinski definition) is 0. The summed E-state index contributed by atoms with van der Waals surface area (Å²) in [5.74, 6) is 0.780. The van der Waals surface area contributed by atoms with Gasteiger partial charge in [-0.05, 0) is 5.92 Å². The molecule has 0 aromatic carbocycles. The molecular weight excluding hydrogens is 155 g/mol. The third-order valence-corrected chi connectivity index (χ3v) is 0.961. The summed E-state index contributed by atoms with van der Waals surface area (Å²) in [4.78, 5) is 0. The first-order valence-corrected chi connectivity index (χ1v) is 3.27. The molecule has 0 aliphatic heterocycles. The Bertz CT molecular complexity index is 59.5. The Morgan fingerprint density at radius 2 is 1.67 bits per heavy atom. The van der Waals surface area contributed by atoms with Crippen molar-refractivity contribution in [3.05, 3.63) is 6.92 Å². The number of hydrogen-bond donors (Lipinski definition) is 0. The van der Waals surface area contributed by atoms with Crippen LogP contribution in [0.25, 0.3) is 0 Å². The Morgan fingerprint density at radius 3 is 1.67 bits per heavy atom. The van der Waals surface area contributed by atoms with Crippen LogP contribution in [-0.4, -0.2) is 0 Å². The van der Waals surface area contributed by atoms with Gasteiger partial charge in [0, 0.05) is 16.5 Å². The zero-order valence-corrected chi connectivity index (χ0v) is 7.80. The van der Waals surface area contributed by atoms with E-state index in [1.54, 1.807) is 0 Å². The average Bonchev–Trinajstić information content (AvgIpc) is 1.21. The van der Waals surface area contributed by atoms with Crippen molar-refractivity contribution in [2.75, 3.05) is 0 Å². The molecule has 0 amide bonds. The van der Waals surface area contributed by atoms with E-state index in [0.717, 1.165) is 5.92 Å². The molecule has 60 valence electrons. The second-order valence-electron chi connectivity index (χ2n) is 3.76. The van der Waals surface area contributed by atoms with Gasteiger partial charge in [-0.15, -0.1) is 0 Å². The van der Waals surface area contributed by atoms with Crippen LogP contribution < -0.4 is 0 Å². The summed E-state index contributed by atoms with van der Waals surface area (Å²) in [5.41, 5.74) is 0.272. The summed E-state index contributed by atoms with van der Waals surface area (Å²) in [6, 6.07) is 0. The Kier molecular flexibility index (Phi) is 5.87. The molecule has 0 aromatic heterocycles. The first-order chi connectivity index (χ1) is 3.42. The Hall–Kier alpha value is 0.494. The van der Waals surface area contributed by atoms with Crippen molar-refractivity contribution < 1.29 is 16.5 Å². The summed E-state index contributed by atoms with van der Waals surface area (Å²) in [5, 5.41) is 0. The maximum Gasteiger partial charge on any atom is 0 e. The van der Waals surface area contributed by atoms with Crippen LogP contribution in [0.5, 0.6) is 0 Å². The SMILES string of the molecule is [CH2-]C(C)(C)CC(C)C.[Ni].